The van der Waals surface area contributed by atoms with E-state index < -0.39 is 15.9 Å². The number of sulfonamides is 1. The molecule has 3 aromatic rings. The maximum absolute atomic E-state index is 13.7. The Labute approximate surface area is 206 Å². The topological polar surface area (TPSA) is 84.9 Å². The van der Waals surface area contributed by atoms with E-state index in [-0.39, 0.29) is 17.5 Å². The second kappa shape index (κ2) is 10.00. The van der Waals surface area contributed by atoms with Gasteiger partial charge in [-0.25, -0.2) is 8.42 Å². The van der Waals surface area contributed by atoms with Gasteiger partial charge in [-0.05, 0) is 74.7 Å². The second-order valence-electron chi connectivity index (χ2n) is 8.81. The van der Waals surface area contributed by atoms with Crippen molar-refractivity contribution in [2.45, 2.75) is 38.6 Å². The van der Waals surface area contributed by atoms with Gasteiger partial charge in [0.25, 0.3) is 10.0 Å². The van der Waals surface area contributed by atoms with Crippen molar-refractivity contribution in [1.82, 2.24) is 5.32 Å². The minimum Gasteiger partial charge on any atom is -0.486 e. The largest absolute Gasteiger partial charge is 0.486 e. The third-order valence-electron chi connectivity index (χ3n) is 5.97. The molecule has 0 aromatic heterocycles. The van der Waals surface area contributed by atoms with Crippen LogP contribution in [-0.4, -0.2) is 34.1 Å². The first kappa shape index (κ1) is 24.6. The first-order chi connectivity index (χ1) is 16.6. The Hall–Kier alpha value is -3.52. The zero-order chi connectivity index (χ0) is 25.2. The number of aryl methyl sites for hydroxylation is 3. The van der Waals surface area contributed by atoms with Crippen LogP contribution in [0.3, 0.4) is 0 Å². The van der Waals surface area contributed by atoms with Crippen LogP contribution in [0.2, 0.25) is 0 Å². The highest BCUT2D eigenvalue weighted by Crippen LogP contribution is 2.33. The molecule has 0 fully saturated rings. The maximum atomic E-state index is 13.7. The third-order valence-corrected chi connectivity index (χ3v) is 7.75. The normalized spacial score (nSPS) is 13.7. The average molecular weight is 495 g/mol. The van der Waals surface area contributed by atoms with Crippen molar-refractivity contribution in [1.29, 1.82) is 0 Å². The summed E-state index contributed by atoms with van der Waals surface area (Å²) in [4.78, 5) is 13.3. The van der Waals surface area contributed by atoms with Gasteiger partial charge in [-0.3, -0.25) is 9.10 Å². The van der Waals surface area contributed by atoms with Gasteiger partial charge in [0.05, 0.1) is 16.6 Å². The van der Waals surface area contributed by atoms with Crippen molar-refractivity contribution in [2.24, 2.45) is 0 Å². The van der Waals surface area contributed by atoms with Crippen LogP contribution in [0, 0.1) is 20.8 Å². The van der Waals surface area contributed by atoms with Crippen LogP contribution in [0.15, 0.2) is 65.6 Å². The van der Waals surface area contributed by atoms with Crippen LogP contribution in [0.5, 0.6) is 11.5 Å². The fourth-order valence-corrected chi connectivity index (χ4v) is 5.43. The van der Waals surface area contributed by atoms with Crippen molar-refractivity contribution in [2.75, 3.05) is 24.1 Å². The van der Waals surface area contributed by atoms with E-state index in [1.54, 1.807) is 30.3 Å². The summed E-state index contributed by atoms with van der Waals surface area (Å²) in [5.41, 5.74) is 3.93. The molecule has 0 radical (unpaired) electrons. The molecule has 0 aliphatic carbocycles. The fraction of sp³-hybridized carbons (Fsp3) is 0.296. The Morgan fingerprint density at radius 2 is 1.57 bits per heavy atom. The summed E-state index contributed by atoms with van der Waals surface area (Å²) in [5, 5.41) is 2.93. The highest BCUT2D eigenvalue weighted by Gasteiger charge is 2.29. The van der Waals surface area contributed by atoms with Gasteiger partial charge in [-0.15, -0.1) is 0 Å². The highest BCUT2D eigenvalue weighted by atomic mass is 32.2. The molecule has 0 spiro atoms. The molecule has 1 amide bonds. The second-order valence-corrected chi connectivity index (χ2v) is 10.7. The van der Waals surface area contributed by atoms with Gasteiger partial charge in [0.2, 0.25) is 5.91 Å². The SMILES string of the molecule is Cc1ccc(S(=O)(=O)N(CC(=O)N[C@@H](C)c2ccc3c(c2)OCCO3)c2cc(C)ccc2C)cc1. The van der Waals surface area contributed by atoms with Gasteiger partial charge >= 0.3 is 0 Å². The molecule has 1 aliphatic rings. The maximum Gasteiger partial charge on any atom is 0.264 e. The van der Waals surface area contributed by atoms with Gasteiger partial charge in [0.15, 0.2) is 11.5 Å². The molecule has 1 aliphatic heterocycles. The number of rotatable bonds is 7. The minimum absolute atomic E-state index is 0.136. The smallest absolute Gasteiger partial charge is 0.264 e. The lowest BCUT2D eigenvalue weighted by atomic mass is 10.1. The van der Waals surface area contributed by atoms with Crippen molar-refractivity contribution in [3.63, 3.8) is 0 Å². The molecule has 35 heavy (non-hydrogen) atoms. The van der Waals surface area contributed by atoms with Crippen LogP contribution in [0.1, 0.15) is 35.2 Å². The van der Waals surface area contributed by atoms with E-state index in [2.05, 4.69) is 5.32 Å². The molecule has 7 nitrogen and oxygen atoms in total. The number of carbonyl (C=O) groups excluding carboxylic acids is 1. The molecule has 0 saturated heterocycles. The van der Waals surface area contributed by atoms with Crippen molar-refractivity contribution in [3.8, 4) is 11.5 Å². The summed E-state index contributed by atoms with van der Waals surface area (Å²) >= 11 is 0. The van der Waals surface area contributed by atoms with E-state index in [1.165, 1.54) is 4.31 Å². The zero-order valence-electron chi connectivity index (χ0n) is 20.4. The summed E-state index contributed by atoms with van der Waals surface area (Å²) in [6.07, 6.45) is 0. The molecule has 0 bridgehead atoms. The summed E-state index contributed by atoms with van der Waals surface area (Å²) in [5.74, 6) is 0.890. The molecule has 1 N–H and O–H groups in total. The summed E-state index contributed by atoms with van der Waals surface area (Å²) in [6.45, 7) is 8.09. The van der Waals surface area contributed by atoms with E-state index in [0.29, 0.717) is 30.4 Å². The van der Waals surface area contributed by atoms with Gasteiger partial charge in [0, 0.05) is 0 Å². The number of hydrogen-bond acceptors (Lipinski definition) is 5. The van der Waals surface area contributed by atoms with Crippen LogP contribution >= 0.6 is 0 Å². The standard InChI is InChI=1S/C27H30N2O5S/c1-18-6-10-23(11-7-18)35(31,32)29(24-15-19(2)5-8-20(24)3)17-27(30)28-21(4)22-9-12-25-26(16-22)34-14-13-33-25/h5-12,15-16,21H,13-14,17H2,1-4H3,(H,28,30)/t21-/m0/s1. The number of fused-ring (bicyclic) bond motifs is 1. The lowest BCUT2D eigenvalue weighted by molar-refractivity contribution is -0.120. The zero-order valence-corrected chi connectivity index (χ0v) is 21.2. The van der Waals surface area contributed by atoms with Gasteiger partial charge < -0.3 is 14.8 Å². The number of nitrogens with zero attached hydrogens (tertiary/aromatic N) is 1. The Morgan fingerprint density at radius 3 is 2.29 bits per heavy atom. The lowest BCUT2D eigenvalue weighted by Gasteiger charge is -2.27. The summed E-state index contributed by atoms with van der Waals surface area (Å²) in [6, 6.07) is 17.4. The van der Waals surface area contributed by atoms with Gasteiger partial charge in [-0.2, -0.15) is 0 Å². The van der Waals surface area contributed by atoms with Crippen molar-refractivity contribution in [3.05, 3.63) is 82.9 Å². The Morgan fingerprint density at radius 1 is 0.914 bits per heavy atom. The number of nitrogens with one attached hydrogen (secondary N) is 1. The van der Waals surface area contributed by atoms with Crippen LogP contribution in [0.4, 0.5) is 5.69 Å². The quantitative estimate of drug-likeness (QED) is 0.524. The molecular formula is C27H30N2O5S. The Kier molecular flexibility index (Phi) is 7.03. The number of ether oxygens (including phenoxy) is 2. The monoisotopic (exact) mass is 494 g/mol. The van der Waals surface area contributed by atoms with Gasteiger partial charge in [0.1, 0.15) is 19.8 Å². The molecule has 1 heterocycles. The lowest BCUT2D eigenvalue weighted by Crippen LogP contribution is -2.42. The number of benzene rings is 3. The minimum atomic E-state index is -3.98. The summed E-state index contributed by atoms with van der Waals surface area (Å²) < 4.78 is 39.7. The predicted molar refractivity (Wildman–Crippen MR) is 136 cm³/mol. The Bertz CT molecular complexity index is 1340. The fourth-order valence-electron chi connectivity index (χ4n) is 3.96. The highest BCUT2D eigenvalue weighted by molar-refractivity contribution is 7.92. The Balaban J connectivity index is 1.61. The van der Waals surface area contributed by atoms with Crippen LogP contribution in [-0.2, 0) is 14.8 Å². The number of amides is 1. The number of anilines is 1. The molecule has 0 unspecified atom stereocenters. The molecule has 0 saturated carbocycles. The van der Waals surface area contributed by atoms with E-state index >= 15 is 0 Å². The number of carbonyl (C=O) groups is 1. The van der Waals surface area contributed by atoms with E-state index in [1.807, 2.05) is 58.0 Å². The first-order valence-corrected chi connectivity index (χ1v) is 12.9. The molecule has 184 valence electrons. The van der Waals surface area contributed by atoms with E-state index in [4.69, 9.17) is 9.47 Å². The summed E-state index contributed by atoms with van der Waals surface area (Å²) in [7, 11) is -3.98. The molecule has 8 heteroatoms. The molecular weight excluding hydrogens is 464 g/mol. The van der Waals surface area contributed by atoms with Crippen molar-refractivity contribution < 1.29 is 22.7 Å². The van der Waals surface area contributed by atoms with Crippen LogP contribution < -0.4 is 19.1 Å². The number of hydrogen-bond donors (Lipinski definition) is 1. The molecule has 3 aromatic carbocycles. The van der Waals surface area contributed by atoms with Crippen molar-refractivity contribution >= 4 is 21.6 Å². The molecule has 1 atom stereocenters. The molecule has 4 rings (SSSR count). The third kappa shape index (κ3) is 5.43. The average Bonchev–Trinajstić information content (AvgIpc) is 2.84. The first-order valence-electron chi connectivity index (χ1n) is 11.5. The van der Waals surface area contributed by atoms with E-state index in [0.717, 1.165) is 22.3 Å². The van der Waals surface area contributed by atoms with Crippen LogP contribution in [0.25, 0.3) is 0 Å². The van der Waals surface area contributed by atoms with Gasteiger partial charge in [-0.1, -0.05) is 35.9 Å². The predicted octanol–water partition coefficient (Wildman–Crippen LogP) is 4.46. The van der Waals surface area contributed by atoms with E-state index in [9.17, 15) is 13.2 Å².